The lowest BCUT2D eigenvalue weighted by Gasteiger charge is -2.50. The first-order valence-electron chi connectivity index (χ1n) is 11.5. The standard InChI is InChI=1S/C22H34N4O2S.2ClH/c27-21(24-14-20-25-18-3-1-2-4-19(18)29-20)22-7-5-17(26-9-11-28-12-10-26)13-16(22)6-8-23-15-22;;/h16-17,23H,1-15H2,(H,24,27);2*1H/t16-,17-,22-;;/m1../s1. The molecule has 5 rings (SSSR count). The quantitative estimate of drug-likeness (QED) is 0.678. The van der Waals surface area contributed by atoms with Crippen LogP contribution in [-0.2, 0) is 28.9 Å². The lowest BCUT2D eigenvalue weighted by Crippen LogP contribution is -2.60. The first kappa shape index (κ1) is 25.2. The van der Waals surface area contributed by atoms with Gasteiger partial charge in [-0.15, -0.1) is 36.2 Å². The maximum atomic E-state index is 13.4. The van der Waals surface area contributed by atoms with Crippen LogP contribution < -0.4 is 10.6 Å². The lowest BCUT2D eigenvalue weighted by molar-refractivity contribution is -0.140. The fourth-order valence-corrected chi connectivity index (χ4v) is 7.08. The van der Waals surface area contributed by atoms with Crippen LogP contribution in [0.5, 0.6) is 0 Å². The highest BCUT2D eigenvalue weighted by Crippen LogP contribution is 2.46. The first-order chi connectivity index (χ1) is 14.2. The van der Waals surface area contributed by atoms with Gasteiger partial charge in [-0.1, -0.05) is 0 Å². The molecule has 2 aliphatic carbocycles. The molecule has 176 valence electrons. The highest BCUT2D eigenvalue weighted by Gasteiger charge is 2.50. The van der Waals surface area contributed by atoms with Crippen LogP contribution in [-0.4, -0.2) is 61.2 Å². The highest BCUT2D eigenvalue weighted by molar-refractivity contribution is 7.11. The SMILES string of the molecule is Cl.Cl.O=C(NCc1nc2c(s1)CCCC2)[C@@]12CC[C@@H](N3CCOCC3)C[C@H]1CCNC2. The van der Waals surface area contributed by atoms with Crippen molar-refractivity contribution >= 4 is 42.1 Å². The molecular formula is C22H36Cl2N4O2S. The Balaban J connectivity index is 0.00000136. The number of hydrogen-bond acceptors (Lipinski definition) is 6. The summed E-state index contributed by atoms with van der Waals surface area (Å²) < 4.78 is 5.54. The minimum absolute atomic E-state index is 0. The number of fused-ring (bicyclic) bond motifs is 2. The highest BCUT2D eigenvalue weighted by atomic mass is 35.5. The molecule has 0 aromatic carbocycles. The second kappa shape index (κ2) is 11.1. The number of aromatic nitrogens is 1. The Morgan fingerprint density at radius 1 is 1.23 bits per heavy atom. The van der Waals surface area contributed by atoms with Gasteiger partial charge >= 0.3 is 0 Å². The van der Waals surface area contributed by atoms with Gasteiger partial charge in [0.05, 0.1) is 30.9 Å². The predicted octanol–water partition coefficient (Wildman–Crippen LogP) is 2.96. The summed E-state index contributed by atoms with van der Waals surface area (Å²) in [6, 6.07) is 0.619. The van der Waals surface area contributed by atoms with Crippen molar-refractivity contribution in [3.05, 3.63) is 15.6 Å². The van der Waals surface area contributed by atoms with Crippen molar-refractivity contribution in [3.63, 3.8) is 0 Å². The molecule has 6 nitrogen and oxygen atoms in total. The number of piperidine rings is 1. The number of carbonyl (C=O) groups is 1. The topological polar surface area (TPSA) is 66.5 Å². The summed E-state index contributed by atoms with van der Waals surface area (Å²) >= 11 is 1.81. The van der Waals surface area contributed by atoms with Crippen molar-refractivity contribution < 1.29 is 9.53 Å². The molecule has 0 bridgehead atoms. The number of hydrogen-bond donors (Lipinski definition) is 2. The van der Waals surface area contributed by atoms with Crippen molar-refractivity contribution in [2.75, 3.05) is 39.4 Å². The van der Waals surface area contributed by atoms with E-state index >= 15 is 0 Å². The Morgan fingerprint density at radius 3 is 2.84 bits per heavy atom. The number of rotatable bonds is 4. The number of aryl methyl sites for hydroxylation is 2. The average Bonchev–Trinajstić information content (AvgIpc) is 3.20. The van der Waals surface area contributed by atoms with Crippen molar-refractivity contribution in [1.82, 2.24) is 20.5 Å². The molecule has 2 N–H and O–H groups in total. The van der Waals surface area contributed by atoms with Crippen molar-refractivity contribution in [2.24, 2.45) is 11.3 Å². The Morgan fingerprint density at radius 2 is 2.03 bits per heavy atom. The van der Waals surface area contributed by atoms with Crippen molar-refractivity contribution in [3.8, 4) is 0 Å². The van der Waals surface area contributed by atoms with E-state index in [1.54, 1.807) is 0 Å². The number of morpholine rings is 1. The minimum atomic E-state index is -0.238. The largest absolute Gasteiger partial charge is 0.379 e. The van der Waals surface area contributed by atoms with Crippen LogP contribution in [0, 0.1) is 11.3 Å². The van der Waals surface area contributed by atoms with Gasteiger partial charge in [0.2, 0.25) is 5.91 Å². The Labute approximate surface area is 202 Å². The average molecular weight is 492 g/mol. The van der Waals surface area contributed by atoms with Crippen molar-refractivity contribution in [2.45, 2.75) is 64.0 Å². The van der Waals surface area contributed by atoms with E-state index in [0.717, 1.165) is 76.5 Å². The Kier molecular flexibility index (Phi) is 9.04. The lowest BCUT2D eigenvalue weighted by atomic mass is 9.61. The molecule has 1 aromatic rings. The number of amides is 1. The van der Waals surface area contributed by atoms with E-state index in [4.69, 9.17) is 9.72 Å². The van der Waals surface area contributed by atoms with Crippen LogP contribution in [0.3, 0.4) is 0 Å². The third kappa shape index (κ3) is 5.22. The summed E-state index contributed by atoms with van der Waals surface area (Å²) in [4.78, 5) is 22.3. The fraction of sp³-hybridized carbons (Fsp3) is 0.818. The monoisotopic (exact) mass is 490 g/mol. The molecule has 1 saturated carbocycles. The minimum Gasteiger partial charge on any atom is -0.379 e. The number of nitrogens with one attached hydrogen (secondary N) is 2. The van der Waals surface area contributed by atoms with Gasteiger partial charge in [0.15, 0.2) is 0 Å². The van der Waals surface area contributed by atoms with Crippen LogP contribution in [0.1, 0.15) is 54.1 Å². The molecular weight excluding hydrogens is 455 g/mol. The number of thiazole rings is 1. The molecule has 0 unspecified atom stereocenters. The molecule has 3 atom stereocenters. The second-order valence-corrected chi connectivity index (χ2v) is 10.4. The van der Waals surface area contributed by atoms with Gasteiger partial charge in [-0.25, -0.2) is 4.98 Å². The van der Waals surface area contributed by atoms with Gasteiger partial charge in [0.1, 0.15) is 5.01 Å². The molecule has 3 fully saturated rings. The molecule has 0 radical (unpaired) electrons. The van der Waals surface area contributed by atoms with Crippen molar-refractivity contribution in [1.29, 1.82) is 0 Å². The maximum absolute atomic E-state index is 13.4. The summed E-state index contributed by atoms with van der Waals surface area (Å²) in [5.41, 5.74) is 1.05. The second-order valence-electron chi connectivity index (χ2n) is 9.26. The molecule has 3 heterocycles. The Hall–Kier alpha value is -0.440. The van der Waals surface area contributed by atoms with E-state index in [-0.39, 0.29) is 36.1 Å². The predicted molar refractivity (Wildman–Crippen MR) is 129 cm³/mol. The third-order valence-electron chi connectivity index (χ3n) is 7.68. The van der Waals surface area contributed by atoms with Crippen LogP contribution in [0.4, 0.5) is 0 Å². The first-order valence-corrected chi connectivity index (χ1v) is 12.3. The molecule has 4 aliphatic rings. The number of nitrogens with zero attached hydrogens (tertiary/aromatic N) is 2. The summed E-state index contributed by atoms with van der Waals surface area (Å²) in [6.45, 7) is 6.26. The molecule has 1 amide bonds. The van der Waals surface area contributed by atoms with E-state index in [9.17, 15) is 4.79 Å². The summed E-state index contributed by atoms with van der Waals surface area (Å²) in [7, 11) is 0. The molecule has 1 aromatic heterocycles. The van der Waals surface area contributed by atoms with Gasteiger partial charge in [-0.3, -0.25) is 9.69 Å². The molecule has 2 saturated heterocycles. The molecule has 0 spiro atoms. The van der Waals surface area contributed by atoms with Gasteiger partial charge < -0.3 is 15.4 Å². The van der Waals surface area contributed by atoms with Gasteiger partial charge in [-0.2, -0.15) is 0 Å². The number of ether oxygens (including phenoxy) is 1. The van der Waals surface area contributed by atoms with E-state index in [0.29, 0.717) is 18.5 Å². The number of carbonyl (C=O) groups excluding carboxylic acids is 1. The van der Waals surface area contributed by atoms with Crippen LogP contribution in [0.15, 0.2) is 0 Å². The van der Waals surface area contributed by atoms with E-state index < -0.39 is 0 Å². The zero-order valence-corrected chi connectivity index (χ0v) is 20.6. The molecule has 2 aliphatic heterocycles. The molecule has 9 heteroatoms. The zero-order valence-electron chi connectivity index (χ0n) is 18.2. The Bertz CT molecular complexity index is 720. The van der Waals surface area contributed by atoms with Gasteiger partial charge in [0, 0.05) is 30.6 Å². The van der Waals surface area contributed by atoms with Crippen LogP contribution in [0.25, 0.3) is 0 Å². The van der Waals surface area contributed by atoms with E-state index in [1.807, 2.05) is 11.3 Å². The zero-order chi connectivity index (χ0) is 19.7. The fourth-order valence-electron chi connectivity index (χ4n) is 5.98. The summed E-state index contributed by atoms with van der Waals surface area (Å²) in [5.74, 6) is 0.734. The maximum Gasteiger partial charge on any atom is 0.228 e. The van der Waals surface area contributed by atoms with Crippen LogP contribution >= 0.6 is 36.2 Å². The summed E-state index contributed by atoms with van der Waals surface area (Å²) in [6.07, 6.45) is 9.19. The third-order valence-corrected chi connectivity index (χ3v) is 8.83. The summed E-state index contributed by atoms with van der Waals surface area (Å²) in [5, 5.41) is 7.92. The van der Waals surface area contributed by atoms with Gasteiger partial charge in [0.25, 0.3) is 0 Å². The van der Waals surface area contributed by atoms with Crippen LogP contribution in [0.2, 0.25) is 0 Å². The normalized spacial score (nSPS) is 30.8. The molecule has 31 heavy (non-hydrogen) atoms. The van der Waals surface area contributed by atoms with E-state index in [1.165, 1.54) is 29.8 Å². The van der Waals surface area contributed by atoms with Gasteiger partial charge in [-0.05, 0) is 63.8 Å². The number of halogens is 2. The van der Waals surface area contributed by atoms with E-state index in [2.05, 4.69) is 15.5 Å². The smallest absolute Gasteiger partial charge is 0.228 e.